The molecule has 0 amide bonds. The summed E-state index contributed by atoms with van der Waals surface area (Å²) in [6, 6.07) is 0. The number of aliphatic hydroxyl groups is 4. The highest BCUT2D eigenvalue weighted by Crippen LogP contribution is 2.37. The molecule has 0 aliphatic carbocycles. The predicted molar refractivity (Wildman–Crippen MR) is 55.3 cm³/mol. The highest BCUT2D eigenvalue weighted by molar-refractivity contribution is 7.51. The Kier molecular flexibility index (Phi) is 5.06. The van der Waals surface area contributed by atoms with Gasteiger partial charge in [0, 0.05) is 0 Å². The van der Waals surface area contributed by atoms with E-state index in [1.54, 1.807) is 0 Å². The lowest BCUT2D eigenvalue weighted by Gasteiger charge is -2.40. The molecule has 0 aromatic rings. The molecule has 1 aliphatic rings. The summed E-state index contributed by atoms with van der Waals surface area (Å²) in [5, 5.41) is 37.3. The van der Waals surface area contributed by atoms with E-state index in [4.69, 9.17) is 19.6 Å². The number of hydrogen-bond acceptors (Lipinski definition) is 6. The molecule has 0 unspecified atom stereocenters. The summed E-state index contributed by atoms with van der Waals surface area (Å²) in [7, 11) is -4.22. The van der Waals surface area contributed by atoms with Gasteiger partial charge < -0.3 is 34.9 Å². The van der Waals surface area contributed by atoms with Crippen molar-refractivity contribution in [2.75, 3.05) is 12.8 Å². The summed E-state index contributed by atoms with van der Waals surface area (Å²) in [5.74, 6) is 0. The third kappa shape index (κ3) is 3.97. The van der Waals surface area contributed by atoms with E-state index in [9.17, 15) is 19.9 Å². The van der Waals surface area contributed by atoms with Crippen molar-refractivity contribution in [3.63, 3.8) is 0 Å². The van der Waals surface area contributed by atoms with Crippen LogP contribution in [0.3, 0.4) is 0 Å². The fourth-order valence-electron chi connectivity index (χ4n) is 1.71. The highest BCUT2D eigenvalue weighted by Gasteiger charge is 2.43. The zero-order valence-corrected chi connectivity index (χ0v) is 9.85. The average Bonchev–Trinajstić information content (AvgIpc) is 2.24. The van der Waals surface area contributed by atoms with Crippen LogP contribution in [0, 0.1) is 0 Å². The maximum Gasteiger partial charge on any atom is 0.325 e. The fraction of sp³-hybridized carbons (Fsp3) is 1.00. The van der Waals surface area contributed by atoms with Crippen molar-refractivity contribution >= 4 is 7.60 Å². The Balaban J connectivity index is 2.62. The second-order valence-electron chi connectivity index (χ2n) is 4.04. The maximum atomic E-state index is 10.7. The van der Waals surface area contributed by atoms with E-state index >= 15 is 0 Å². The summed E-state index contributed by atoms with van der Waals surface area (Å²) in [6.07, 6.45) is -7.17. The standard InChI is InChI=1S/C8H17O8P/c9-3-5-7(11)8(12)6(10)4(16-5)1-2-17(13,14)15/h4-12H,1-3H2,(H2,13,14,15)/t4-,5+,6-,7-,8+/m0/s1. The Morgan fingerprint density at radius 1 is 1.00 bits per heavy atom. The van der Waals surface area contributed by atoms with Crippen molar-refractivity contribution < 1.29 is 39.5 Å². The molecule has 8 nitrogen and oxygen atoms in total. The SMILES string of the molecule is O=P(O)(O)CC[C@@H]1O[C@H](CO)[C@H](O)[C@H](O)[C@H]1O. The molecule has 1 heterocycles. The largest absolute Gasteiger partial charge is 0.394 e. The fourth-order valence-corrected chi connectivity index (χ4v) is 2.30. The Morgan fingerprint density at radius 2 is 1.53 bits per heavy atom. The van der Waals surface area contributed by atoms with E-state index in [0.717, 1.165) is 0 Å². The summed E-state index contributed by atoms with van der Waals surface area (Å²) < 4.78 is 15.7. The Morgan fingerprint density at radius 3 is 2.00 bits per heavy atom. The molecule has 9 heteroatoms. The Hall–Kier alpha value is -0.0500. The van der Waals surface area contributed by atoms with Crippen molar-refractivity contribution in [2.24, 2.45) is 0 Å². The smallest absolute Gasteiger partial charge is 0.325 e. The lowest BCUT2D eigenvalue weighted by Crippen LogP contribution is -2.58. The lowest BCUT2D eigenvalue weighted by molar-refractivity contribution is -0.229. The second-order valence-corrected chi connectivity index (χ2v) is 5.82. The minimum atomic E-state index is -4.22. The highest BCUT2D eigenvalue weighted by atomic mass is 31.2. The van der Waals surface area contributed by atoms with Crippen LogP contribution in [0.15, 0.2) is 0 Å². The zero-order valence-electron chi connectivity index (χ0n) is 8.96. The average molecular weight is 272 g/mol. The van der Waals surface area contributed by atoms with Gasteiger partial charge in [0.1, 0.15) is 24.4 Å². The molecule has 0 aromatic carbocycles. The number of hydrogen-bond donors (Lipinski definition) is 6. The van der Waals surface area contributed by atoms with Gasteiger partial charge in [0.2, 0.25) is 0 Å². The van der Waals surface area contributed by atoms with E-state index in [1.165, 1.54) is 0 Å². The van der Waals surface area contributed by atoms with Gasteiger partial charge in [-0.2, -0.15) is 0 Å². The Labute approximate surface area is 97.6 Å². The molecule has 1 rings (SSSR count). The molecule has 0 saturated carbocycles. The van der Waals surface area contributed by atoms with Gasteiger partial charge in [-0.05, 0) is 6.42 Å². The van der Waals surface area contributed by atoms with Crippen LogP contribution in [0.5, 0.6) is 0 Å². The van der Waals surface area contributed by atoms with E-state index in [1.807, 2.05) is 0 Å². The van der Waals surface area contributed by atoms with Crippen LogP contribution in [-0.4, -0.2) is 73.5 Å². The van der Waals surface area contributed by atoms with Crippen LogP contribution in [0.4, 0.5) is 0 Å². The van der Waals surface area contributed by atoms with Crippen LogP contribution in [0.2, 0.25) is 0 Å². The first-order valence-corrected chi connectivity index (χ1v) is 6.91. The lowest BCUT2D eigenvalue weighted by atomic mass is 9.94. The zero-order chi connectivity index (χ0) is 13.2. The molecule has 6 N–H and O–H groups in total. The summed E-state index contributed by atoms with van der Waals surface area (Å²) in [4.78, 5) is 17.4. The minimum Gasteiger partial charge on any atom is -0.394 e. The third-order valence-electron chi connectivity index (χ3n) is 2.70. The van der Waals surface area contributed by atoms with Crippen molar-refractivity contribution in [1.29, 1.82) is 0 Å². The van der Waals surface area contributed by atoms with Gasteiger partial charge in [0.05, 0.1) is 18.9 Å². The topological polar surface area (TPSA) is 148 Å². The molecule has 102 valence electrons. The molecular formula is C8H17O8P. The molecule has 1 saturated heterocycles. The molecule has 0 aromatic heterocycles. The van der Waals surface area contributed by atoms with Crippen LogP contribution >= 0.6 is 7.60 Å². The van der Waals surface area contributed by atoms with E-state index < -0.39 is 50.9 Å². The molecule has 5 atom stereocenters. The van der Waals surface area contributed by atoms with Crippen LogP contribution in [0.25, 0.3) is 0 Å². The van der Waals surface area contributed by atoms with Gasteiger partial charge in [-0.1, -0.05) is 0 Å². The first kappa shape index (κ1) is 15.0. The van der Waals surface area contributed by atoms with Crippen LogP contribution in [-0.2, 0) is 9.30 Å². The van der Waals surface area contributed by atoms with Gasteiger partial charge >= 0.3 is 7.60 Å². The first-order valence-electron chi connectivity index (χ1n) is 5.11. The summed E-state index contributed by atoms with van der Waals surface area (Å²) >= 11 is 0. The first-order chi connectivity index (χ1) is 7.76. The minimum absolute atomic E-state index is 0.175. The Bertz CT molecular complexity index is 289. The molecule has 1 fully saturated rings. The predicted octanol–water partition coefficient (Wildman–Crippen LogP) is -2.60. The normalized spacial score (nSPS) is 39.3. The molecule has 0 bridgehead atoms. The van der Waals surface area contributed by atoms with Gasteiger partial charge in [-0.25, -0.2) is 0 Å². The van der Waals surface area contributed by atoms with E-state index in [-0.39, 0.29) is 6.42 Å². The monoisotopic (exact) mass is 272 g/mol. The van der Waals surface area contributed by atoms with Gasteiger partial charge in [-0.3, -0.25) is 4.57 Å². The molecule has 0 radical (unpaired) electrons. The van der Waals surface area contributed by atoms with Gasteiger partial charge in [0.15, 0.2) is 0 Å². The van der Waals surface area contributed by atoms with Crippen molar-refractivity contribution in [1.82, 2.24) is 0 Å². The van der Waals surface area contributed by atoms with Gasteiger partial charge in [-0.15, -0.1) is 0 Å². The third-order valence-corrected chi connectivity index (χ3v) is 3.54. The molecule has 17 heavy (non-hydrogen) atoms. The second kappa shape index (κ2) is 5.73. The number of aliphatic hydroxyl groups excluding tert-OH is 4. The maximum absolute atomic E-state index is 10.7. The summed E-state index contributed by atoms with van der Waals surface area (Å²) in [6.45, 7) is -0.558. The quantitative estimate of drug-likeness (QED) is 0.305. The number of rotatable bonds is 4. The summed E-state index contributed by atoms with van der Waals surface area (Å²) in [5.41, 5.74) is 0. The number of ether oxygens (including phenoxy) is 1. The van der Waals surface area contributed by atoms with Crippen molar-refractivity contribution in [3.8, 4) is 0 Å². The van der Waals surface area contributed by atoms with Gasteiger partial charge in [0.25, 0.3) is 0 Å². The van der Waals surface area contributed by atoms with Crippen LogP contribution in [0.1, 0.15) is 6.42 Å². The molecule has 1 aliphatic heterocycles. The van der Waals surface area contributed by atoms with E-state index in [0.29, 0.717) is 0 Å². The van der Waals surface area contributed by atoms with E-state index in [2.05, 4.69) is 0 Å². The van der Waals surface area contributed by atoms with Crippen molar-refractivity contribution in [2.45, 2.75) is 36.9 Å². The van der Waals surface area contributed by atoms with Crippen LogP contribution < -0.4 is 0 Å². The molecular weight excluding hydrogens is 255 g/mol. The molecule has 0 spiro atoms. The van der Waals surface area contributed by atoms with Crippen molar-refractivity contribution in [3.05, 3.63) is 0 Å².